The van der Waals surface area contributed by atoms with Gasteiger partial charge in [0.05, 0.1) is 0 Å². The van der Waals surface area contributed by atoms with Crippen LogP contribution in [-0.4, -0.2) is 17.6 Å². The average Bonchev–Trinajstić information content (AvgIpc) is 2.59. The van der Waals surface area contributed by atoms with E-state index in [1.165, 1.54) is 5.56 Å². The van der Waals surface area contributed by atoms with Gasteiger partial charge in [0.15, 0.2) is 11.7 Å². The molecule has 0 spiro atoms. The van der Waals surface area contributed by atoms with E-state index in [1.807, 2.05) is 54.6 Å². The van der Waals surface area contributed by atoms with Crippen molar-refractivity contribution in [2.45, 2.75) is 13.3 Å². The highest BCUT2D eigenvalue weighted by molar-refractivity contribution is 7.80. The van der Waals surface area contributed by atoms with Crippen LogP contribution in [0.4, 0.5) is 5.69 Å². The first-order valence-corrected chi connectivity index (χ1v) is 7.71. The van der Waals surface area contributed by atoms with Crippen LogP contribution < -0.4 is 20.9 Å². The summed E-state index contributed by atoms with van der Waals surface area (Å²) < 4.78 is 5.40. The number of anilines is 1. The van der Waals surface area contributed by atoms with Gasteiger partial charge in [0.2, 0.25) is 0 Å². The van der Waals surface area contributed by atoms with Gasteiger partial charge < -0.3 is 10.1 Å². The summed E-state index contributed by atoms with van der Waals surface area (Å²) in [6.07, 6.45) is 0.969. The number of hydrogen-bond acceptors (Lipinski definition) is 3. The quantitative estimate of drug-likeness (QED) is 0.581. The monoisotopic (exact) mass is 329 g/mol. The molecule has 0 aliphatic rings. The molecular formula is C17H19N3O2S. The van der Waals surface area contributed by atoms with Crippen LogP contribution in [-0.2, 0) is 11.2 Å². The minimum absolute atomic E-state index is 0.0909. The van der Waals surface area contributed by atoms with Gasteiger partial charge in [-0.3, -0.25) is 15.6 Å². The molecule has 6 heteroatoms. The second-order valence-electron chi connectivity index (χ2n) is 4.78. The average molecular weight is 329 g/mol. The summed E-state index contributed by atoms with van der Waals surface area (Å²) in [5.74, 6) is 0.337. The third-order valence-corrected chi connectivity index (χ3v) is 3.25. The summed E-state index contributed by atoms with van der Waals surface area (Å²) in [6.45, 7) is 1.99. The Kier molecular flexibility index (Phi) is 6.38. The van der Waals surface area contributed by atoms with Crippen LogP contribution in [0.5, 0.6) is 5.75 Å². The maximum Gasteiger partial charge on any atom is 0.276 e. The predicted octanol–water partition coefficient (Wildman–Crippen LogP) is 2.65. The SMILES string of the molecule is CCc1ccc(OCC(=O)NNC(=S)Nc2ccccc2)cc1. The van der Waals surface area contributed by atoms with Crippen LogP contribution in [0.2, 0.25) is 0 Å². The van der Waals surface area contributed by atoms with Crippen molar-refractivity contribution >= 4 is 28.9 Å². The molecule has 5 nitrogen and oxygen atoms in total. The Morgan fingerprint density at radius 2 is 1.74 bits per heavy atom. The number of rotatable bonds is 5. The molecule has 0 unspecified atom stereocenters. The van der Waals surface area contributed by atoms with Crippen molar-refractivity contribution in [2.24, 2.45) is 0 Å². The lowest BCUT2D eigenvalue weighted by molar-refractivity contribution is -0.123. The maximum absolute atomic E-state index is 11.7. The zero-order chi connectivity index (χ0) is 16.5. The molecule has 0 aliphatic heterocycles. The molecule has 0 heterocycles. The number of ether oxygens (including phenoxy) is 1. The van der Waals surface area contributed by atoms with E-state index < -0.39 is 0 Å². The van der Waals surface area contributed by atoms with Crippen LogP contribution in [0.25, 0.3) is 0 Å². The van der Waals surface area contributed by atoms with Crippen molar-refractivity contribution in [2.75, 3.05) is 11.9 Å². The fourth-order valence-electron chi connectivity index (χ4n) is 1.82. The van der Waals surface area contributed by atoms with Crippen molar-refractivity contribution in [3.05, 3.63) is 60.2 Å². The van der Waals surface area contributed by atoms with E-state index in [0.29, 0.717) is 10.9 Å². The van der Waals surface area contributed by atoms with Crippen molar-refractivity contribution in [3.63, 3.8) is 0 Å². The summed E-state index contributed by atoms with van der Waals surface area (Å²) in [5, 5.41) is 3.25. The molecule has 0 saturated heterocycles. The topological polar surface area (TPSA) is 62.4 Å². The summed E-state index contributed by atoms with van der Waals surface area (Å²) in [7, 11) is 0. The van der Waals surface area contributed by atoms with Crippen LogP contribution in [0.1, 0.15) is 12.5 Å². The molecular weight excluding hydrogens is 310 g/mol. The van der Waals surface area contributed by atoms with E-state index in [-0.39, 0.29) is 12.5 Å². The van der Waals surface area contributed by atoms with Crippen LogP contribution in [0, 0.1) is 0 Å². The van der Waals surface area contributed by atoms with Gasteiger partial charge >= 0.3 is 0 Å². The van der Waals surface area contributed by atoms with Gasteiger partial charge in [-0.25, -0.2) is 0 Å². The smallest absolute Gasteiger partial charge is 0.276 e. The highest BCUT2D eigenvalue weighted by Gasteiger charge is 2.04. The number of carbonyl (C=O) groups is 1. The van der Waals surface area contributed by atoms with Crippen LogP contribution in [0.3, 0.4) is 0 Å². The number of nitrogens with one attached hydrogen (secondary N) is 3. The number of para-hydroxylation sites is 1. The Labute approximate surface area is 141 Å². The number of aryl methyl sites for hydroxylation is 1. The Bertz CT molecular complexity index is 645. The third kappa shape index (κ3) is 5.96. The number of carbonyl (C=O) groups excluding carboxylic acids is 1. The van der Waals surface area contributed by atoms with Crippen LogP contribution >= 0.6 is 12.2 Å². The fourth-order valence-corrected chi connectivity index (χ4v) is 1.99. The number of amides is 1. The Morgan fingerprint density at radius 3 is 2.39 bits per heavy atom. The van der Waals surface area contributed by atoms with Gasteiger partial charge in [-0.15, -0.1) is 0 Å². The molecule has 23 heavy (non-hydrogen) atoms. The Hall–Kier alpha value is -2.60. The summed E-state index contributed by atoms with van der Waals surface area (Å²) in [4.78, 5) is 11.7. The molecule has 0 aliphatic carbocycles. The lowest BCUT2D eigenvalue weighted by Gasteiger charge is -2.12. The van der Waals surface area contributed by atoms with Gasteiger partial charge in [0.25, 0.3) is 5.91 Å². The highest BCUT2D eigenvalue weighted by Crippen LogP contribution is 2.12. The molecule has 0 atom stereocenters. The molecule has 0 radical (unpaired) electrons. The van der Waals surface area contributed by atoms with E-state index in [0.717, 1.165) is 12.1 Å². The highest BCUT2D eigenvalue weighted by atomic mass is 32.1. The second-order valence-corrected chi connectivity index (χ2v) is 5.19. The molecule has 2 aromatic rings. The molecule has 2 aromatic carbocycles. The first kappa shape index (κ1) is 16.8. The second kappa shape index (κ2) is 8.75. The van der Waals surface area contributed by atoms with E-state index >= 15 is 0 Å². The third-order valence-electron chi connectivity index (χ3n) is 3.05. The van der Waals surface area contributed by atoms with Gasteiger partial charge in [-0.1, -0.05) is 37.3 Å². The van der Waals surface area contributed by atoms with Gasteiger partial charge in [0.1, 0.15) is 5.75 Å². The minimum Gasteiger partial charge on any atom is -0.484 e. The lowest BCUT2D eigenvalue weighted by Crippen LogP contribution is -2.45. The van der Waals surface area contributed by atoms with Crippen molar-refractivity contribution in [1.82, 2.24) is 10.9 Å². The summed E-state index contributed by atoms with van der Waals surface area (Å²) in [6, 6.07) is 17.1. The van der Waals surface area contributed by atoms with Gasteiger partial charge in [-0.05, 0) is 48.5 Å². The van der Waals surface area contributed by atoms with Crippen molar-refractivity contribution in [1.29, 1.82) is 0 Å². The van der Waals surface area contributed by atoms with Gasteiger partial charge in [0, 0.05) is 5.69 Å². The van der Waals surface area contributed by atoms with Crippen LogP contribution in [0.15, 0.2) is 54.6 Å². The fraction of sp³-hybridized carbons (Fsp3) is 0.176. The first-order chi connectivity index (χ1) is 11.2. The molecule has 0 aromatic heterocycles. The van der Waals surface area contributed by atoms with E-state index in [2.05, 4.69) is 23.1 Å². The maximum atomic E-state index is 11.7. The number of benzene rings is 2. The molecule has 0 saturated carbocycles. The minimum atomic E-state index is -0.318. The molecule has 3 N–H and O–H groups in total. The van der Waals surface area contributed by atoms with E-state index in [1.54, 1.807) is 0 Å². The lowest BCUT2D eigenvalue weighted by atomic mass is 10.2. The van der Waals surface area contributed by atoms with Crippen molar-refractivity contribution in [3.8, 4) is 5.75 Å². The predicted molar refractivity (Wildman–Crippen MR) is 95.3 cm³/mol. The largest absolute Gasteiger partial charge is 0.484 e. The summed E-state index contributed by atoms with van der Waals surface area (Å²) >= 11 is 5.08. The van der Waals surface area contributed by atoms with Gasteiger partial charge in [-0.2, -0.15) is 0 Å². The Balaban J connectivity index is 1.69. The number of hydrogen-bond donors (Lipinski definition) is 3. The summed E-state index contributed by atoms with van der Waals surface area (Å²) in [5.41, 5.74) is 7.17. The normalized spacial score (nSPS) is 9.78. The molecule has 0 bridgehead atoms. The molecule has 2 rings (SSSR count). The molecule has 1 amide bonds. The zero-order valence-electron chi connectivity index (χ0n) is 12.8. The molecule has 120 valence electrons. The number of thiocarbonyl (C=S) groups is 1. The standard InChI is InChI=1S/C17H19N3O2S/c1-2-13-8-10-15(11-9-13)22-12-16(21)19-20-17(23)18-14-6-4-3-5-7-14/h3-11H,2,12H2,1H3,(H,19,21)(H2,18,20,23). The Morgan fingerprint density at radius 1 is 1.04 bits per heavy atom. The first-order valence-electron chi connectivity index (χ1n) is 7.30. The zero-order valence-corrected chi connectivity index (χ0v) is 13.7. The van der Waals surface area contributed by atoms with E-state index in [9.17, 15) is 4.79 Å². The molecule has 0 fully saturated rings. The van der Waals surface area contributed by atoms with E-state index in [4.69, 9.17) is 17.0 Å². The number of hydrazine groups is 1. The van der Waals surface area contributed by atoms with Crippen molar-refractivity contribution < 1.29 is 9.53 Å².